The molecule has 0 aliphatic carbocycles. The van der Waals surface area contributed by atoms with Gasteiger partial charge < -0.3 is 5.32 Å². The summed E-state index contributed by atoms with van der Waals surface area (Å²) in [7, 11) is 0. The molecule has 0 amide bonds. The summed E-state index contributed by atoms with van der Waals surface area (Å²) >= 11 is 0. The number of rotatable bonds is 4. The van der Waals surface area contributed by atoms with Gasteiger partial charge in [-0.15, -0.1) is 0 Å². The Labute approximate surface area is 111 Å². The van der Waals surface area contributed by atoms with Crippen LogP contribution >= 0.6 is 0 Å². The van der Waals surface area contributed by atoms with Gasteiger partial charge in [0.25, 0.3) is 0 Å². The van der Waals surface area contributed by atoms with Gasteiger partial charge in [-0.25, -0.2) is 8.78 Å². The Bertz CT molecular complexity index is 606. The fourth-order valence-corrected chi connectivity index (χ4v) is 1.93. The first kappa shape index (κ1) is 13.3. The summed E-state index contributed by atoms with van der Waals surface area (Å²) in [4.78, 5) is 0. The molecular weight excluding hydrogens is 244 g/mol. The predicted molar refractivity (Wildman–Crippen MR) is 75.0 cm³/mol. The molecule has 2 rings (SSSR count). The summed E-state index contributed by atoms with van der Waals surface area (Å²) in [5.74, 6) is -0.534. The van der Waals surface area contributed by atoms with Gasteiger partial charge in [-0.1, -0.05) is 18.7 Å². The smallest absolute Gasteiger partial charge is 0.123 e. The molecule has 0 spiro atoms. The van der Waals surface area contributed by atoms with Crippen LogP contribution in [-0.2, 0) is 6.54 Å². The second kappa shape index (κ2) is 5.65. The molecule has 0 fully saturated rings. The number of benzene rings is 2. The number of anilines is 1. The molecule has 0 heterocycles. The lowest BCUT2D eigenvalue weighted by Crippen LogP contribution is -2.03. The zero-order valence-corrected chi connectivity index (χ0v) is 10.7. The van der Waals surface area contributed by atoms with Gasteiger partial charge >= 0.3 is 0 Å². The van der Waals surface area contributed by atoms with Gasteiger partial charge in [0, 0.05) is 12.2 Å². The molecule has 0 aliphatic heterocycles. The summed E-state index contributed by atoms with van der Waals surface area (Å²) in [6, 6.07) is 9.17. The summed E-state index contributed by atoms with van der Waals surface area (Å²) in [6.45, 7) is 6.05. The van der Waals surface area contributed by atoms with Gasteiger partial charge in [-0.3, -0.25) is 0 Å². The summed E-state index contributed by atoms with van der Waals surface area (Å²) in [5, 5.41) is 3.21. The van der Waals surface area contributed by atoms with Crippen LogP contribution in [0.15, 0.2) is 43.0 Å². The van der Waals surface area contributed by atoms with Gasteiger partial charge in [0.2, 0.25) is 0 Å². The molecule has 0 bridgehead atoms. The molecule has 0 saturated carbocycles. The minimum Gasteiger partial charge on any atom is -0.381 e. The van der Waals surface area contributed by atoms with Crippen LogP contribution in [0, 0.1) is 18.6 Å². The highest BCUT2D eigenvalue weighted by Crippen LogP contribution is 2.19. The fourth-order valence-electron chi connectivity index (χ4n) is 1.93. The average molecular weight is 259 g/mol. The molecule has 19 heavy (non-hydrogen) atoms. The molecule has 3 heteroatoms. The molecule has 0 atom stereocenters. The van der Waals surface area contributed by atoms with Crippen LogP contribution in [0.5, 0.6) is 0 Å². The van der Waals surface area contributed by atoms with Crippen molar-refractivity contribution >= 4 is 11.8 Å². The van der Waals surface area contributed by atoms with Crippen molar-refractivity contribution in [3.8, 4) is 0 Å². The second-order valence-corrected chi connectivity index (χ2v) is 4.36. The van der Waals surface area contributed by atoms with Gasteiger partial charge in [-0.2, -0.15) is 0 Å². The van der Waals surface area contributed by atoms with E-state index in [1.54, 1.807) is 18.2 Å². The zero-order chi connectivity index (χ0) is 13.8. The van der Waals surface area contributed by atoms with E-state index in [0.717, 1.165) is 22.4 Å². The third-order valence-electron chi connectivity index (χ3n) is 2.99. The van der Waals surface area contributed by atoms with E-state index in [1.165, 1.54) is 24.3 Å². The van der Waals surface area contributed by atoms with Crippen molar-refractivity contribution in [2.75, 3.05) is 5.32 Å². The monoisotopic (exact) mass is 259 g/mol. The Hall–Kier alpha value is -2.16. The van der Waals surface area contributed by atoms with Crippen molar-refractivity contribution in [3.63, 3.8) is 0 Å². The average Bonchev–Trinajstić information content (AvgIpc) is 2.39. The standard InChI is InChI=1S/C16H15F2N/c1-3-12-9-15(18)5-4-13(12)10-19-16-7-6-14(17)8-11(16)2/h3-9,19H,1,10H2,2H3. The third-order valence-corrected chi connectivity index (χ3v) is 2.99. The maximum Gasteiger partial charge on any atom is 0.123 e. The molecule has 1 nitrogen and oxygen atoms in total. The van der Waals surface area contributed by atoms with Crippen LogP contribution in [0.1, 0.15) is 16.7 Å². The largest absolute Gasteiger partial charge is 0.381 e. The van der Waals surface area contributed by atoms with Crippen LogP contribution in [0.3, 0.4) is 0 Å². The van der Waals surface area contributed by atoms with Crippen LogP contribution in [0.4, 0.5) is 14.5 Å². The SMILES string of the molecule is C=Cc1cc(F)ccc1CNc1ccc(F)cc1C. The molecule has 98 valence electrons. The lowest BCUT2D eigenvalue weighted by molar-refractivity contribution is 0.626. The Morgan fingerprint density at radius 2 is 1.79 bits per heavy atom. The lowest BCUT2D eigenvalue weighted by Gasteiger charge is -2.11. The summed E-state index contributed by atoms with van der Waals surface area (Å²) < 4.78 is 26.1. The predicted octanol–water partition coefficient (Wildman–Crippen LogP) is 4.53. The second-order valence-electron chi connectivity index (χ2n) is 4.36. The quantitative estimate of drug-likeness (QED) is 0.850. The molecule has 2 aromatic carbocycles. The minimum atomic E-state index is -0.281. The number of hydrogen-bond acceptors (Lipinski definition) is 1. The minimum absolute atomic E-state index is 0.253. The van der Waals surface area contributed by atoms with Gasteiger partial charge in [0.15, 0.2) is 0 Å². The van der Waals surface area contributed by atoms with Crippen LogP contribution in [0.25, 0.3) is 6.08 Å². The van der Waals surface area contributed by atoms with Crippen LogP contribution in [-0.4, -0.2) is 0 Å². The molecule has 2 aromatic rings. The normalized spacial score (nSPS) is 10.3. The van der Waals surface area contributed by atoms with E-state index >= 15 is 0 Å². The van der Waals surface area contributed by atoms with E-state index in [0.29, 0.717) is 6.54 Å². The Morgan fingerprint density at radius 1 is 1.11 bits per heavy atom. The Morgan fingerprint density at radius 3 is 2.47 bits per heavy atom. The van der Waals surface area contributed by atoms with E-state index < -0.39 is 0 Å². The van der Waals surface area contributed by atoms with Crippen molar-refractivity contribution in [1.29, 1.82) is 0 Å². The van der Waals surface area contributed by atoms with Crippen LogP contribution < -0.4 is 5.32 Å². The first-order valence-corrected chi connectivity index (χ1v) is 6.01. The molecule has 0 aliphatic rings. The van der Waals surface area contributed by atoms with E-state index in [4.69, 9.17) is 0 Å². The molecule has 0 aromatic heterocycles. The van der Waals surface area contributed by atoms with Crippen molar-refractivity contribution in [1.82, 2.24) is 0 Å². The first-order chi connectivity index (χ1) is 9.10. The molecule has 1 N–H and O–H groups in total. The molecule has 0 saturated heterocycles. The van der Waals surface area contributed by atoms with Gasteiger partial charge in [0.05, 0.1) is 0 Å². The number of halogens is 2. The van der Waals surface area contributed by atoms with Crippen molar-refractivity contribution < 1.29 is 8.78 Å². The maximum atomic E-state index is 13.1. The maximum absolute atomic E-state index is 13.1. The molecular formula is C16H15F2N. The number of aryl methyl sites for hydroxylation is 1. The first-order valence-electron chi connectivity index (χ1n) is 6.01. The van der Waals surface area contributed by atoms with E-state index in [-0.39, 0.29) is 11.6 Å². The van der Waals surface area contributed by atoms with Crippen molar-refractivity contribution in [2.24, 2.45) is 0 Å². The van der Waals surface area contributed by atoms with Gasteiger partial charge in [-0.05, 0) is 53.9 Å². The van der Waals surface area contributed by atoms with Crippen molar-refractivity contribution in [2.45, 2.75) is 13.5 Å². The lowest BCUT2D eigenvalue weighted by atomic mass is 10.1. The number of hydrogen-bond donors (Lipinski definition) is 1. The van der Waals surface area contributed by atoms with Crippen LogP contribution in [0.2, 0.25) is 0 Å². The highest BCUT2D eigenvalue weighted by Gasteiger charge is 2.03. The van der Waals surface area contributed by atoms with Gasteiger partial charge in [0.1, 0.15) is 11.6 Å². The van der Waals surface area contributed by atoms with E-state index in [9.17, 15) is 8.78 Å². The Balaban J connectivity index is 2.16. The number of nitrogens with one attached hydrogen (secondary N) is 1. The van der Waals surface area contributed by atoms with E-state index in [2.05, 4.69) is 11.9 Å². The highest BCUT2D eigenvalue weighted by atomic mass is 19.1. The van der Waals surface area contributed by atoms with E-state index in [1.807, 2.05) is 6.92 Å². The Kier molecular flexibility index (Phi) is 3.95. The zero-order valence-electron chi connectivity index (χ0n) is 10.7. The molecule has 0 radical (unpaired) electrons. The highest BCUT2D eigenvalue weighted by molar-refractivity contribution is 5.55. The summed E-state index contributed by atoms with van der Waals surface area (Å²) in [6.07, 6.45) is 1.62. The molecule has 0 unspecified atom stereocenters. The topological polar surface area (TPSA) is 12.0 Å². The summed E-state index contributed by atoms with van der Waals surface area (Å²) in [5.41, 5.74) is 3.40. The van der Waals surface area contributed by atoms with Crippen molar-refractivity contribution in [3.05, 3.63) is 71.3 Å². The third kappa shape index (κ3) is 3.19. The fraction of sp³-hybridized carbons (Fsp3) is 0.125.